The van der Waals surface area contributed by atoms with E-state index >= 15 is 0 Å². The van der Waals surface area contributed by atoms with Gasteiger partial charge in [0.05, 0.1) is 5.69 Å². The monoisotopic (exact) mass is 391 g/mol. The van der Waals surface area contributed by atoms with E-state index in [1.165, 1.54) is 0 Å². The van der Waals surface area contributed by atoms with E-state index in [0.29, 0.717) is 11.4 Å². The average molecular weight is 392 g/mol. The minimum Gasteiger partial charge on any atom is -0.482 e. The van der Waals surface area contributed by atoms with Crippen molar-refractivity contribution in [3.05, 3.63) is 58.1 Å². The fraction of sp³-hybridized carbons (Fsp3) is 0.222. The molecule has 0 aliphatic heterocycles. The number of rotatable bonds is 6. The molecule has 24 heavy (non-hydrogen) atoms. The first-order chi connectivity index (χ1) is 11.5. The van der Waals surface area contributed by atoms with Crippen LogP contribution in [0, 0.1) is 13.8 Å². The van der Waals surface area contributed by atoms with Gasteiger partial charge in [-0.25, -0.2) is 4.79 Å². The highest BCUT2D eigenvalue weighted by Crippen LogP contribution is 2.21. The molecular formula is C18H18BrNO4. The Morgan fingerprint density at radius 1 is 1.04 bits per heavy atom. The first-order valence-corrected chi connectivity index (χ1v) is 8.15. The molecule has 0 heterocycles. The third kappa shape index (κ3) is 5.38. The zero-order chi connectivity index (χ0) is 17.5. The number of nitrogens with one attached hydrogen (secondary N) is 1. The molecule has 1 N–H and O–H groups in total. The number of aryl methyl sites for hydroxylation is 2. The number of benzene rings is 2. The molecular weight excluding hydrogens is 374 g/mol. The lowest BCUT2D eigenvalue weighted by Crippen LogP contribution is -2.23. The van der Waals surface area contributed by atoms with Gasteiger partial charge < -0.3 is 14.8 Å². The van der Waals surface area contributed by atoms with Crippen molar-refractivity contribution in [1.82, 2.24) is 0 Å². The van der Waals surface area contributed by atoms with Crippen LogP contribution in [0.1, 0.15) is 11.1 Å². The lowest BCUT2D eigenvalue weighted by atomic mass is 10.1. The summed E-state index contributed by atoms with van der Waals surface area (Å²) in [6.07, 6.45) is 0. The van der Waals surface area contributed by atoms with Gasteiger partial charge >= 0.3 is 5.97 Å². The number of para-hydroxylation sites is 1. The Hall–Kier alpha value is -2.34. The summed E-state index contributed by atoms with van der Waals surface area (Å²) in [4.78, 5) is 23.4. The van der Waals surface area contributed by atoms with Crippen LogP contribution in [0.25, 0.3) is 0 Å². The van der Waals surface area contributed by atoms with E-state index in [4.69, 9.17) is 9.47 Å². The SMILES string of the molecule is Cc1ccc(OCC(=O)OCC(=O)Nc2ccccc2Br)cc1C. The van der Waals surface area contributed by atoms with Gasteiger partial charge in [-0.15, -0.1) is 0 Å². The average Bonchev–Trinajstić information content (AvgIpc) is 2.56. The molecule has 0 radical (unpaired) electrons. The lowest BCUT2D eigenvalue weighted by molar-refractivity contribution is -0.149. The van der Waals surface area contributed by atoms with Crippen LogP contribution in [0.2, 0.25) is 0 Å². The van der Waals surface area contributed by atoms with Crippen LogP contribution in [0.15, 0.2) is 46.9 Å². The maximum atomic E-state index is 11.8. The molecule has 2 rings (SSSR count). The molecule has 6 heteroatoms. The minimum atomic E-state index is -0.601. The van der Waals surface area contributed by atoms with Crippen LogP contribution in [0.4, 0.5) is 5.69 Å². The van der Waals surface area contributed by atoms with E-state index in [-0.39, 0.29) is 13.2 Å². The van der Waals surface area contributed by atoms with Gasteiger partial charge in [0.1, 0.15) is 5.75 Å². The molecule has 0 fully saturated rings. The molecule has 0 unspecified atom stereocenters. The number of carbonyl (C=O) groups is 2. The van der Waals surface area contributed by atoms with Gasteiger partial charge in [-0.1, -0.05) is 18.2 Å². The molecule has 0 spiro atoms. The standard InChI is InChI=1S/C18H18BrNO4/c1-12-7-8-14(9-13(12)2)23-11-18(22)24-10-17(21)20-16-6-4-3-5-15(16)19/h3-9H,10-11H2,1-2H3,(H,20,21). The topological polar surface area (TPSA) is 64.6 Å². The normalized spacial score (nSPS) is 10.1. The summed E-state index contributed by atoms with van der Waals surface area (Å²) in [6.45, 7) is 3.35. The van der Waals surface area contributed by atoms with Crippen molar-refractivity contribution in [2.45, 2.75) is 13.8 Å². The molecule has 5 nitrogen and oxygen atoms in total. The summed E-state index contributed by atoms with van der Waals surface area (Å²) >= 11 is 3.32. The third-order valence-corrected chi connectivity index (χ3v) is 4.04. The molecule has 126 valence electrons. The van der Waals surface area contributed by atoms with E-state index in [1.807, 2.05) is 32.0 Å². The van der Waals surface area contributed by atoms with E-state index in [1.54, 1.807) is 24.3 Å². The number of ether oxygens (including phenoxy) is 2. The molecule has 0 aliphatic carbocycles. The Morgan fingerprint density at radius 2 is 1.79 bits per heavy atom. The summed E-state index contributed by atoms with van der Waals surface area (Å²) in [7, 11) is 0. The van der Waals surface area contributed by atoms with Gasteiger partial charge in [-0.3, -0.25) is 4.79 Å². The van der Waals surface area contributed by atoms with Crippen molar-refractivity contribution in [3.63, 3.8) is 0 Å². The summed E-state index contributed by atoms with van der Waals surface area (Å²) in [6, 6.07) is 12.7. The Balaban J connectivity index is 1.75. The van der Waals surface area contributed by atoms with Gasteiger partial charge in [-0.05, 0) is 65.2 Å². The highest BCUT2D eigenvalue weighted by Gasteiger charge is 2.10. The van der Waals surface area contributed by atoms with Crippen LogP contribution < -0.4 is 10.1 Å². The van der Waals surface area contributed by atoms with E-state index in [2.05, 4.69) is 21.2 Å². The predicted molar refractivity (Wildman–Crippen MR) is 95.1 cm³/mol. The lowest BCUT2D eigenvalue weighted by Gasteiger charge is -2.09. The molecule has 2 aromatic rings. The van der Waals surface area contributed by atoms with Crippen LogP contribution in [0.5, 0.6) is 5.75 Å². The highest BCUT2D eigenvalue weighted by molar-refractivity contribution is 9.10. The number of hydrogen-bond acceptors (Lipinski definition) is 4. The number of hydrogen-bond donors (Lipinski definition) is 1. The smallest absolute Gasteiger partial charge is 0.344 e. The maximum Gasteiger partial charge on any atom is 0.344 e. The van der Waals surface area contributed by atoms with Crippen LogP contribution in [0.3, 0.4) is 0 Å². The van der Waals surface area contributed by atoms with Gasteiger partial charge in [0.2, 0.25) is 0 Å². The summed E-state index contributed by atoms with van der Waals surface area (Å²) in [5, 5.41) is 2.65. The van der Waals surface area contributed by atoms with Crippen molar-refractivity contribution in [2.75, 3.05) is 18.5 Å². The van der Waals surface area contributed by atoms with Gasteiger partial charge in [0.25, 0.3) is 5.91 Å². The third-order valence-electron chi connectivity index (χ3n) is 3.35. The van der Waals surface area contributed by atoms with Crippen LogP contribution in [-0.4, -0.2) is 25.1 Å². The van der Waals surface area contributed by atoms with E-state index in [0.717, 1.165) is 15.6 Å². The van der Waals surface area contributed by atoms with Crippen molar-refractivity contribution in [1.29, 1.82) is 0 Å². The summed E-state index contributed by atoms with van der Waals surface area (Å²) in [5.41, 5.74) is 2.84. The first kappa shape index (κ1) is 18.0. The Bertz CT molecular complexity index is 746. The second-order valence-electron chi connectivity index (χ2n) is 5.22. The van der Waals surface area contributed by atoms with Gasteiger partial charge in [-0.2, -0.15) is 0 Å². The van der Waals surface area contributed by atoms with Gasteiger partial charge in [0.15, 0.2) is 13.2 Å². The molecule has 0 atom stereocenters. The number of anilines is 1. The van der Waals surface area contributed by atoms with E-state index in [9.17, 15) is 9.59 Å². The zero-order valence-corrected chi connectivity index (χ0v) is 15.1. The molecule has 2 aromatic carbocycles. The molecule has 0 bridgehead atoms. The van der Waals surface area contributed by atoms with Crippen LogP contribution in [-0.2, 0) is 14.3 Å². The Morgan fingerprint density at radius 3 is 2.50 bits per heavy atom. The summed E-state index contributed by atoms with van der Waals surface area (Å²) < 4.78 is 11.0. The second-order valence-corrected chi connectivity index (χ2v) is 6.08. The highest BCUT2D eigenvalue weighted by atomic mass is 79.9. The molecule has 1 amide bonds. The Kier molecular flexibility index (Phi) is 6.37. The maximum absolute atomic E-state index is 11.8. The fourth-order valence-corrected chi connectivity index (χ4v) is 2.27. The quantitative estimate of drug-likeness (QED) is 0.763. The van der Waals surface area contributed by atoms with Crippen LogP contribution >= 0.6 is 15.9 Å². The predicted octanol–water partition coefficient (Wildman–Crippen LogP) is 3.63. The zero-order valence-electron chi connectivity index (χ0n) is 13.5. The first-order valence-electron chi connectivity index (χ1n) is 7.36. The minimum absolute atomic E-state index is 0.245. The molecule has 0 saturated carbocycles. The van der Waals surface area contributed by atoms with Crippen molar-refractivity contribution in [3.8, 4) is 5.75 Å². The summed E-state index contributed by atoms with van der Waals surface area (Å²) in [5.74, 6) is -0.426. The number of carbonyl (C=O) groups excluding carboxylic acids is 2. The Labute approximate surface area is 149 Å². The van der Waals surface area contributed by atoms with Crippen molar-refractivity contribution in [2.24, 2.45) is 0 Å². The molecule has 0 aromatic heterocycles. The fourth-order valence-electron chi connectivity index (χ4n) is 1.88. The van der Waals surface area contributed by atoms with Crippen molar-refractivity contribution < 1.29 is 19.1 Å². The molecule has 0 saturated heterocycles. The number of halogens is 1. The molecule has 0 aliphatic rings. The second kappa shape index (κ2) is 8.49. The van der Waals surface area contributed by atoms with E-state index < -0.39 is 11.9 Å². The largest absolute Gasteiger partial charge is 0.482 e. The van der Waals surface area contributed by atoms with Gasteiger partial charge in [0, 0.05) is 4.47 Å². The van der Waals surface area contributed by atoms with Crippen molar-refractivity contribution >= 4 is 33.5 Å². The number of amides is 1. The number of esters is 1.